The van der Waals surface area contributed by atoms with Gasteiger partial charge in [0.25, 0.3) is 0 Å². The molecule has 0 radical (unpaired) electrons. The van der Waals surface area contributed by atoms with Crippen LogP contribution in [0.1, 0.15) is 22.9 Å². The lowest BCUT2D eigenvalue weighted by Gasteiger charge is -2.28. The molecule has 0 N–H and O–H groups in total. The van der Waals surface area contributed by atoms with Crippen molar-refractivity contribution in [3.8, 4) is 23.0 Å². The summed E-state index contributed by atoms with van der Waals surface area (Å²) >= 11 is 0. The van der Waals surface area contributed by atoms with Gasteiger partial charge in [0.2, 0.25) is 5.75 Å². The molecule has 0 amide bonds. The first-order valence-corrected chi connectivity index (χ1v) is 9.92. The molecule has 1 atom stereocenters. The van der Waals surface area contributed by atoms with Crippen molar-refractivity contribution in [3.63, 3.8) is 0 Å². The molecular formula is C23H22N4O4. The first-order valence-electron chi connectivity index (χ1n) is 9.92. The quantitative estimate of drug-likeness (QED) is 0.489. The number of hydrogen-bond acceptors (Lipinski definition) is 7. The molecule has 0 aliphatic carbocycles. The topological polar surface area (TPSA) is 80.5 Å². The molecule has 4 heterocycles. The summed E-state index contributed by atoms with van der Waals surface area (Å²) in [5, 5.41) is 0. The fraction of sp³-hybridized carbons (Fsp3) is 0.261. The molecule has 5 rings (SSSR count). The molecule has 8 heteroatoms. The summed E-state index contributed by atoms with van der Waals surface area (Å²) in [5.74, 6) is 2.56. The van der Waals surface area contributed by atoms with Crippen LogP contribution in [0.15, 0.2) is 49.1 Å². The van der Waals surface area contributed by atoms with Gasteiger partial charge in [-0.3, -0.25) is 4.98 Å². The Kier molecular flexibility index (Phi) is 4.82. The van der Waals surface area contributed by atoms with Gasteiger partial charge in [0.15, 0.2) is 23.3 Å². The summed E-state index contributed by atoms with van der Waals surface area (Å²) < 4.78 is 25.1. The Morgan fingerprint density at radius 1 is 1.06 bits per heavy atom. The number of rotatable bonds is 5. The maximum Gasteiger partial charge on any atom is 0.204 e. The van der Waals surface area contributed by atoms with Crippen LogP contribution in [-0.4, -0.2) is 40.3 Å². The van der Waals surface area contributed by atoms with E-state index in [1.165, 1.54) is 0 Å². The van der Waals surface area contributed by atoms with Gasteiger partial charge in [-0.1, -0.05) is 6.07 Å². The zero-order chi connectivity index (χ0) is 21.4. The highest BCUT2D eigenvalue weighted by atomic mass is 16.6. The molecule has 1 aliphatic heterocycles. The molecule has 3 aromatic heterocycles. The first kappa shape index (κ1) is 19.2. The predicted molar refractivity (Wildman–Crippen MR) is 114 cm³/mol. The second-order valence-electron chi connectivity index (χ2n) is 7.37. The number of aromatic nitrogens is 4. The van der Waals surface area contributed by atoms with Gasteiger partial charge in [-0.05, 0) is 30.7 Å². The SMILES string of the molecule is COc1cnc2c(c1)ncn2Cc1cc(OC)c2c(c1)OC[C@@H](c1ccc(C)nc1)O2. The Bertz CT molecular complexity index is 1220. The third-order valence-corrected chi connectivity index (χ3v) is 5.28. The van der Waals surface area contributed by atoms with E-state index >= 15 is 0 Å². The Hall–Kier alpha value is -3.81. The summed E-state index contributed by atoms with van der Waals surface area (Å²) in [7, 11) is 3.24. The second-order valence-corrected chi connectivity index (χ2v) is 7.37. The molecule has 0 spiro atoms. The number of nitrogens with zero attached hydrogens (tertiary/aromatic N) is 4. The molecule has 8 nitrogen and oxygen atoms in total. The summed E-state index contributed by atoms with van der Waals surface area (Å²) in [4.78, 5) is 13.3. The lowest BCUT2D eigenvalue weighted by Crippen LogP contribution is -2.22. The van der Waals surface area contributed by atoms with Gasteiger partial charge in [0.1, 0.15) is 17.9 Å². The minimum Gasteiger partial charge on any atom is -0.495 e. The number of aryl methyl sites for hydroxylation is 1. The molecule has 1 aliphatic rings. The van der Waals surface area contributed by atoms with E-state index in [2.05, 4.69) is 15.0 Å². The van der Waals surface area contributed by atoms with Gasteiger partial charge in [0, 0.05) is 23.5 Å². The van der Waals surface area contributed by atoms with E-state index in [0.717, 1.165) is 28.0 Å². The lowest BCUT2D eigenvalue weighted by atomic mass is 10.1. The molecule has 158 valence electrons. The largest absolute Gasteiger partial charge is 0.495 e. The summed E-state index contributed by atoms with van der Waals surface area (Å²) in [6.45, 7) is 2.92. The first-order chi connectivity index (χ1) is 15.1. The van der Waals surface area contributed by atoms with E-state index in [4.69, 9.17) is 18.9 Å². The van der Waals surface area contributed by atoms with Gasteiger partial charge in [-0.2, -0.15) is 0 Å². The Morgan fingerprint density at radius 2 is 1.97 bits per heavy atom. The Balaban J connectivity index is 1.43. The third-order valence-electron chi connectivity index (χ3n) is 5.28. The molecule has 0 bridgehead atoms. The van der Waals surface area contributed by atoms with E-state index < -0.39 is 0 Å². The molecule has 4 aromatic rings. The fourth-order valence-corrected chi connectivity index (χ4v) is 3.63. The molecule has 31 heavy (non-hydrogen) atoms. The van der Waals surface area contributed by atoms with Crippen LogP contribution < -0.4 is 18.9 Å². The molecule has 0 saturated carbocycles. The molecule has 0 unspecified atom stereocenters. The van der Waals surface area contributed by atoms with Crippen LogP contribution in [0.4, 0.5) is 0 Å². The molecule has 0 saturated heterocycles. The summed E-state index contributed by atoms with van der Waals surface area (Å²) in [6.07, 6.45) is 5.03. The lowest BCUT2D eigenvalue weighted by molar-refractivity contribution is 0.0867. The number of hydrogen-bond donors (Lipinski definition) is 0. The smallest absolute Gasteiger partial charge is 0.204 e. The highest BCUT2D eigenvalue weighted by molar-refractivity contribution is 5.72. The van der Waals surface area contributed by atoms with Crippen LogP contribution in [0.25, 0.3) is 11.2 Å². The number of imidazole rings is 1. The summed E-state index contributed by atoms with van der Waals surface area (Å²) in [5.41, 5.74) is 4.48. The summed E-state index contributed by atoms with van der Waals surface area (Å²) in [6, 6.07) is 9.76. The van der Waals surface area contributed by atoms with E-state index in [0.29, 0.717) is 36.1 Å². The Labute approximate surface area is 179 Å². The monoisotopic (exact) mass is 418 g/mol. The van der Waals surface area contributed by atoms with E-state index in [-0.39, 0.29) is 6.10 Å². The van der Waals surface area contributed by atoms with Crippen LogP contribution in [0.2, 0.25) is 0 Å². The van der Waals surface area contributed by atoms with Crippen LogP contribution in [0.5, 0.6) is 23.0 Å². The van der Waals surface area contributed by atoms with Crippen molar-refractivity contribution in [2.24, 2.45) is 0 Å². The average molecular weight is 418 g/mol. The highest BCUT2D eigenvalue weighted by Crippen LogP contribution is 2.44. The normalized spacial score (nSPS) is 15.1. The van der Waals surface area contributed by atoms with Gasteiger partial charge in [-0.15, -0.1) is 0 Å². The number of pyridine rings is 2. The van der Waals surface area contributed by atoms with Crippen molar-refractivity contribution in [3.05, 3.63) is 65.9 Å². The zero-order valence-electron chi connectivity index (χ0n) is 17.5. The highest BCUT2D eigenvalue weighted by Gasteiger charge is 2.27. The van der Waals surface area contributed by atoms with Crippen molar-refractivity contribution in [2.45, 2.75) is 19.6 Å². The van der Waals surface area contributed by atoms with Crippen LogP contribution in [0, 0.1) is 6.92 Å². The van der Waals surface area contributed by atoms with Crippen molar-refractivity contribution < 1.29 is 18.9 Å². The third kappa shape index (κ3) is 3.61. The number of methoxy groups -OCH3 is 2. The van der Waals surface area contributed by atoms with Gasteiger partial charge in [0.05, 0.1) is 33.3 Å². The van der Waals surface area contributed by atoms with Crippen LogP contribution in [-0.2, 0) is 6.54 Å². The average Bonchev–Trinajstić information content (AvgIpc) is 3.20. The number of fused-ring (bicyclic) bond motifs is 2. The van der Waals surface area contributed by atoms with Crippen LogP contribution in [0.3, 0.4) is 0 Å². The van der Waals surface area contributed by atoms with Crippen LogP contribution >= 0.6 is 0 Å². The maximum atomic E-state index is 6.23. The Morgan fingerprint density at radius 3 is 2.74 bits per heavy atom. The van der Waals surface area contributed by atoms with Crippen molar-refractivity contribution in [1.29, 1.82) is 0 Å². The predicted octanol–water partition coefficient (Wildman–Crippen LogP) is 3.71. The van der Waals surface area contributed by atoms with E-state index in [1.54, 1.807) is 26.7 Å². The maximum absolute atomic E-state index is 6.23. The van der Waals surface area contributed by atoms with E-state index in [9.17, 15) is 0 Å². The minimum absolute atomic E-state index is 0.239. The zero-order valence-corrected chi connectivity index (χ0v) is 17.5. The molecular weight excluding hydrogens is 396 g/mol. The minimum atomic E-state index is -0.239. The molecule has 1 aromatic carbocycles. The fourth-order valence-electron chi connectivity index (χ4n) is 3.63. The van der Waals surface area contributed by atoms with Gasteiger partial charge < -0.3 is 23.5 Å². The number of benzene rings is 1. The van der Waals surface area contributed by atoms with Crippen molar-refractivity contribution in [1.82, 2.24) is 19.5 Å². The number of ether oxygens (including phenoxy) is 4. The van der Waals surface area contributed by atoms with E-state index in [1.807, 2.05) is 48.0 Å². The molecule has 0 fully saturated rings. The van der Waals surface area contributed by atoms with Crippen molar-refractivity contribution >= 4 is 11.2 Å². The van der Waals surface area contributed by atoms with Gasteiger partial charge >= 0.3 is 0 Å². The second kappa shape index (κ2) is 7.79. The van der Waals surface area contributed by atoms with Gasteiger partial charge in [-0.25, -0.2) is 9.97 Å². The standard InChI is InChI=1S/C23H22N4O4/c1-14-4-5-16(9-24-14)21-12-30-20-7-15(6-19(29-3)22(20)31-21)11-27-13-26-18-8-17(28-2)10-25-23(18)27/h4-10,13,21H,11-12H2,1-3H3/t21-/m0/s1. The van der Waals surface area contributed by atoms with Crippen molar-refractivity contribution in [2.75, 3.05) is 20.8 Å².